The summed E-state index contributed by atoms with van der Waals surface area (Å²) < 4.78 is 5.26. The van der Waals surface area contributed by atoms with Crippen LogP contribution in [-0.2, 0) is 19.2 Å². The molecule has 0 unspecified atom stereocenters. The summed E-state index contributed by atoms with van der Waals surface area (Å²) in [5.41, 5.74) is 0.642. The molecule has 2 rings (SSSR count). The molecule has 0 aromatic heterocycles. The first-order valence-electron chi connectivity index (χ1n) is 7.96. The van der Waals surface area contributed by atoms with Gasteiger partial charge in [0.2, 0.25) is 0 Å². The third-order valence-corrected chi connectivity index (χ3v) is 4.28. The molecule has 1 aromatic carbocycles. The molecular formula is C17H16N2O8S. The fraction of sp³-hybridized carbons (Fsp3) is 0.235. The first-order valence-corrected chi connectivity index (χ1v) is 8.78. The molecule has 0 saturated carbocycles. The lowest BCUT2D eigenvalue weighted by atomic mass is 10.1. The van der Waals surface area contributed by atoms with Gasteiger partial charge in [-0.25, -0.2) is 4.79 Å². The Hall–Kier alpha value is -3.34. The van der Waals surface area contributed by atoms with Gasteiger partial charge in [-0.2, -0.15) is 0 Å². The molecule has 1 aliphatic heterocycles. The summed E-state index contributed by atoms with van der Waals surface area (Å²) in [5, 5.41) is 21.5. The van der Waals surface area contributed by atoms with E-state index in [0.717, 1.165) is 11.8 Å². The molecule has 0 spiro atoms. The predicted molar refractivity (Wildman–Crippen MR) is 97.5 cm³/mol. The second-order valence-corrected chi connectivity index (χ2v) is 6.62. The van der Waals surface area contributed by atoms with E-state index in [9.17, 15) is 24.0 Å². The minimum atomic E-state index is -1.33. The quantitative estimate of drug-likeness (QED) is 0.434. The molecule has 1 aromatic rings. The van der Waals surface area contributed by atoms with Gasteiger partial charge in [-0.3, -0.25) is 24.5 Å². The average Bonchev–Trinajstić information content (AvgIpc) is 2.94. The van der Waals surface area contributed by atoms with Crippen molar-refractivity contribution in [1.82, 2.24) is 10.6 Å². The Labute approximate surface area is 162 Å². The number of rotatable bonds is 9. The van der Waals surface area contributed by atoms with Crippen LogP contribution in [-0.4, -0.2) is 51.9 Å². The van der Waals surface area contributed by atoms with Gasteiger partial charge in [-0.15, -0.1) is 0 Å². The topological polar surface area (TPSA) is 159 Å². The first-order chi connectivity index (χ1) is 13.2. The number of carboxylic acids is 2. The fourth-order valence-electron chi connectivity index (χ4n) is 2.14. The number of benzene rings is 1. The highest BCUT2D eigenvalue weighted by Crippen LogP contribution is 2.26. The standard InChI is InChI=1S/C17H16N2O8S/c20-13(18-11(16(24)25)5-6-14(21)22)8-27-10-3-1-9(2-4-10)7-12-15(23)19-17(26)28-12/h1-4,7,11H,5-6,8H2,(H,18,20)(H,21,22)(H,24,25)(H,19,23,26)/b12-7-/t11-/m1/s1. The summed E-state index contributed by atoms with van der Waals surface area (Å²) >= 11 is 0.793. The van der Waals surface area contributed by atoms with Gasteiger partial charge in [-0.05, 0) is 42.0 Å². The van der Waals surface area contributed by atoms with Gasteiger partial charge in [0.25, 0.3) is 17.1 Å². The maximum absolute atomic E-state index is 11.8. The zero-order chi connectivity index (χ0) is 20.7. The van der Waals surface area contributed by atoms with Crippen LogP contribution in [0.2, 0.25) is 0 Å². The normalized spacial score (nSPS) is 15.8. The van der Waals surface area contributed by atoms with Gasteiger partial charge in [0.15, 0.2) is 6.61 Å². The molecule has 0 bridgehead atoms. The third-order valence-electron chi connectivity index (χ3n) is 3.47. The van der Waals surface area contributed by atoms with E-state index in [1.54, 1.807) is 12.1 Å². The van der Waals surface area contributed by atoms with Crippen molar-refractivity contribution in [2.24, 2.45) is 0 Å². The highest BCUT2D eigenvalue weighted by atomic mass is 32.2. The molecule has 1 aliphatic rings. The number of amides is 3. The van der Waals surface area contributed by atoms with E-state index >= 15 is 0 Å². The van der Waals surface area contributed by atoms with Crippen LogP contribution in [0.1, 0.15) is 18.4 Å². The summed E-state index contributed by atoms with van der Waals surface area (Å²) in [6.07, 6.45) is 0.895. The molecule has 148 valence electrons. The summed E-state index contributed by atoms with van der Waals surface area (Å²) in [4.78, 5) is 56.2. The number of imide groups is 1. The Bertz CT molecular complexity index is 834. The van der Waals surface area contributed by atoms with E-state index in [0.29, 0.717) is 11.3 Å². The predicted octanol–water partition coefficient (Wildman–Crippen LogP) is 0.823. The smallest absolute Gasteiger partial charge is 0.326 e. The van der Waals surface area contributed by atoms with Crippen LogP contribution in [0.3, 0.4) is 0 Å². The van der Waals surface area contributed by atoms with Crippen LogP contribution >= 0.6 is 11.8 Å². The lowest BCUT2D eigenvalue weighted by Crippen LogP contribution is -2.43. The maximum Gasteiger partial charge on any atom is 0.326 e. The van der Waals surface area contributed by atoms with Crippen molar-refractivity contribution in [3.05, 3.63) is 34.7 Å². The zero-order valence-electron chi connectivity index (χ0n) is 14.3. The highest BCUT2D eigenvalue weighted by molar-refractivity contribution is 8.18. The minimum Gasteiger partial charge on any atom is -0.484 e. The van der Waals surface area contributed by atoms with Crippen molar-refractivity contribution in [2.45, 2.75) is 18.9 Å². The number of carbonyl (C=O) groups excluding carboxylic acids is 3. The molecule has 1 heterocycles. The van der Waals surface area contributed by atoms with Crippen molar-refractivity contribution in [3.63, 3.8) is 0 Å². The Morgan fingerprint density at radius 2 is 1.86 bits per heavy atom. The van der Waals surface area contributed by atoms with Crippen molar-refractivity contribution in [3.8, 4) is 5.75 Å². The molecule has 28 heavy (non-hydrogen) atoms. The molecule has 0 aliphatic carbocycles. The molecule has 0 radical (unpaired) electrons. The van der Waals surface area contributed by atoms with Crippen LogP contribution in [0.5, 0.6) is 5.75 Å². The van der Waals surface area contributed by atoms with Crippen LogP contribution in [0.25, 0.3) is 6.08 Å². The number of aliphatic carboxylic acids is 2. The number of ether oxygens (including phenoxy) is 1. The average molecular weight is 408 g/mol. The second kappa shape index (κ2) is 9.55. The molecule has 3 amide bonds. The number of carbonyl (C=O) groups is 5. The first kappa shape index (κ1) is 21.0. The van der Waals surface area contributed by atoms with Crippen LogP contribution < -0.4 is 15.4 Å². The lowest BCUT2D eigenvalue weighted by Gasteiger charge is -2.14. The number of carboxylic acid groups (broad SMARTS) is 2. The molecule has 1 atom stereocenters. The van der Waals surface area contributed by atoms with Gasteiger partial charge in [-0.1, -0.05) is 12.1 Å². The largest absolute Gasteiger partial charge is 0.484 e. The number of nitrogens with one attached hydrogen (secondary N) is 2. The van der Waals surface area contributed by atoms with E-state index < -0.39 is 48.1 Å². The second-order valence-electron chi connectivity index (χ2n) is 5.60. The van der Waals surface area contributed by atoms with Gasteiger partial charge < -0.3 is 20.3 Å². The van der Waals surface area contributed by atoms with Gasteiger partial charge >= 0.3 is 11.9 Å². The Morgan fingerprint density at radius 3 is 2.39 bits per heavy atom. The molecule has 11 heteroatoms. The monoisotopic (exact) mass is 408 g/mol. The maximum atomic E-state index is 11.8. The highest BCUT2D eigenvalue weighted by Gasteiger charge is 2.25. The van der Waals surface area contributed by atoms with E-state index in [4.69, 9.17) is 14.9 Å². The third kappa shape index (κ3) is 6.43. The zero-order valence-corrected chi connectivity index (χ0v) is 15.2. The van der Waals surface area contributed by atoms with Crippen LogP contribution in [0.15, 0.2) is 29.2 Å². The number of hydrogen-bond donors (Lipinski definition) is 4. The van der Waals surface area contributed by atoms with Crippen LogP contribution in [0, 0.1) is 0 Å². The molecular weight excluding hydrogens is 392 g/mol. The van der Waals surface area contributed by atoms with Crippen LogP contribution in [0.4, 0.5) is 4.79 Å². The summed E-state index contributed by atoms with van der Waals surface area (Å²) in [7, 11) is 0. The lowest BCUT2D eigenvalue weighted by molar-refractivity contribution is -0.143. The Morgan fingerprint density at radius 1 is 1.18 bits per heavy atom. The Kier molecular flexibility index (Phi) is 7.15. The fourth-order valence-corrected chi connectivity index (χ4v) is 2.82. The van der Waals surface area contributed by atoms with E-state index in [1.807, 2.05) is 0 Å². The summed E-state index contributed by atoms with van der Waals surface area (Å²) in [6, 6.07) is 4.99. The van der Waals surface area contributed by atoms with Crippen molar-refractivity contribution < 1.29 is 38.9 Å². The molecule has 10 nitrogen and oxygen atoms in total. The number of thioether (sulfide) groups is 1. The van der Waals surface area contributed by atoms with Crippen molar-refractivity contribution in [1.29, 1.82) is 0 Å². The molecule has 4 N–H and O–H groups in total. The van der Waals surface area contributed by atoms with Crippen molar-refractivity contribution in [2.75, 3.05) is 6.61 Å². The minimum absolute atomic E-state index is 0.242. The van der Waals surface area contributed by atoms with Gasteiger partial charge in [0.05, 0.1) is 4.91 Å². The van der Waals surface area contributed by atoms with E-state index in [-0.39, 0.29) is 11.3 Å². The van der Waals surface area contributed by atoms with Crippen molar-refractivity contribution >= 4 is 46.8 Å². The number of hydrogen-bond acceptors (Lipinski definition) is 7. The van der Waals surface area contributed by atoms with Gasteiger partial charge in [0.1, 0.15) is 11.8 Å². The molecule has 1 saturated heterocycles. The Balaban J connectivity index is 1.87. The van der Waals surface area contributed by atoms with E-state index in [2.05, 4.69) is 10.6 Å². The summed E-state index contributed by atoms with van der Waals surface area (Å²) in [5.74, 6) is -3.34. The molecule has 1 fully saturated rings. The SMILES string of the molecule is O=C(O)CC[C@@H](NC(=O)COc1ccc(/C=C2\SC(=O)NC2=O)cc1)C(=O)O. The van der Waals surface area contributed by atoms with Gasteiger partial charge in [0, 0.05) is 6.42 Å². The van der Waals surface area contributed by atoms with E-state index in [1.165, 1.54) is 18.2 Å². The summed E-state index contributed by atoms with van der Waals surface area (Å²) in [6.45, 7) is -0.454.